The summed E-state index contributed by atoms with van der Waals surface area (Å²) in [6.07, 6.45) is -0.434. The quantitative estimate of drug-likeness (QED) is 0.781. The van der Waals surface area contributed by atoms with Gasteiger partial charge in [0, 0.05) is 0 Å². The van der Waals surface area contributed by atoms with Crippen molar-refractivity contribution in [1.82, 2.24) is 5.01 Å². The molecule has 1 aliphatic heterocycles. The summed E-state index contributed by atoms with van der Waals surface area (Å²) >= 11 is 4.94. The highest BCUT2D eigenvalue weighted by atomic mass is 32.1. The molecular formula is C10H11N3O2S. The van der Waals surface area contributed by atoms with Gasteiger partial charge in [-0.1, -0.05) is 18.2 Å². The van der Waals surface area contributed by atoms with Crippen molar-refractivity contribution in [3.8, 4) is 0 Å². The number of anilines is 1. The van der Waals surface area contributed by atoms with Gasteiger partial charge in [0.15, 0.2) is 5.11 Å². The number of nitrogens with two attached hydrogens (primary N) is 1. The van der Waals surface area contributed by atoms with Crippen LogP contribution in [0.5, 0.6) is 0 Å². The van der Waals surface area contributed by atoms with Crippen LogP contribution in [0.4, 0.5) is 10.5 Å². The van der Waals surface area contributed by atoms with Gasteiger partial charge in [-0.25, -0.2) is 14.8 Å². The fraction of sp³-hybridized carbons (Fsp3) is 0.200. The van der Waals surface area contributed by atoms with Gasteiger partial charge >= 0.3 is 6.09 Å². The predicted molar refractivity (Wildman–Crippen MR) is 63.8 cm³/mol. The maximum atomic E-state index is 11.4. The second-order valence-corrected chi connectivity index (χ2v) is 3.64. The Kier molecular flexibility index (Phi) is 2.91. The van der Waals surface area contributed by atoms with E-state index < -0.39 is 6.09 Å². The van der Waals surface area contributed by atoms with E-state index in [0.29, 0.717) is 13.2 Å². The van der Waals surface area contributed by atoms with Gasteiger partial charge in [0.05, 0.1) is 12.2 Å². The molecule has 1 heterocycles. The molecule has 0 unspecified atom stereocenters. The standard InChI is InChI=1S/C10H11N3O2S/c11-9(16)13(8-4-2-1-3-5-8)12-6-7-15-10(12)14/h1-5H,6-7H2,(H2,11,16). The lowest BCUT2D eigenvalue weighted by Crippen LogP contribution is -2.49. The average Bonchev–Trinajstić information content (AvgIpc) is 2.66. The third-order valence-corrected chi connectivity index (χ3v) is 2.36. The lowest BCUT2D eigenvalue weighted by Gasteiger charge is -2.29. The molecule has 1 amide bonds. The van der Waals surface area contributed by atoms with Crippen LogP contribution in [-0.4, -0.2) is 29.4 Å². The molecule has 1 saturated heterocycles. The van der Waals surface area contributed by atoms with Gasteiger partial charge < -0.3 is 10.5 Å². The van der Waals surface area contributed by atoms with Crippen LogP contribution in [-0.2, 0) is 4.74 Å². The molecule has 0 aliphatic carbocycles. The number of amides is 1. The van der Waals surface area contributed by atoms with Gasteiger partial charge in [0.2, 0.25) is 0 Å². The van der Waals surface area contributed by atoms with Crippen molar-refractivity contribution in [2.45, 2.75) is 0 Å². The Morgan fingerprint density at radius 3 is 2.62 bits per heavy atom. The largest absolute Gasteiger partial charge is 0.446 e. The summed E-state index contributed by atoms with van der Waals surface area (Å²) in [6, 6.07) is 9.23. The average molecular weight is 237 g/mol. The summed E-state index contributed by atoms with van der Waals surface area (Å²) in [7, 11) is 0. The van der Waals surface area contributed by atoms with Crippen molar-refractivity contribution in [2.24, 2.45) is 5.73 Å². The first-order valence-electron chi connectivity index (χ1n) is 4.79. The van der Waals surface area contributed by atoms with Gasteiger partial charge in [-0.05, 0) is 24.4 Å². The zero-order valence-electron chi connectivity index (χ0n) is 8.50. The van der Waals surface area contributed by atoms with Gasteiger partial charge in [0.1, 0.15) is 6.61 Å². The van der Waals surface area contributed by atoms with Crippen LogP contribution < -0.4 is 10.7 Å². The Morgan fingerprint density at radius 1 is 1.44 bits per heavy atom. The highest BCUT2D eigenvalue weighted by Gasteiger charge is 2.29. The molecule has 2 N–H and O–H groups in total. The molecule has 0 spiro atoms. The summed E-state index contributed by atoms with van der Waals surface area (Å²) < 4.78 is 4.85. The molecule has 5 nitrogen and oxygen atoms in total. The van der Waals surface area contributed by atoms with E-state index in [-0.39, 0.29) is 5.11 Å². The molecule has 6 heteroatoms. The summed E-state index contributed by atoms with van der Waals surface area (Å²) in [6.45, 7) is 0.801. The lowest BCUT2D eigenvalue weighted by molar-refractivity contribution is 0.159. The Hall–Kier alpha value is -1.82. The zero-order chi connectivity index (χ0) is 11.5. The van der Waals surface area contributed by atoms with Gasteiger partial charge in [-0.15, -0.1) is 0 Å². The molecule has 84 valence electrons. The van der Waals surface area contributed by atoms with Crippen LogP contribution in [0.15, 0.2) is 30.3 Å². The van der Waals surface area contributed by atoms with Crippen molar-refractivity contribution in [3.63, 3.8) is 0 Å². The monoisotopic (exact) mass is 237 g/mol. The molecule has 2 rings (SSSR count). The van der Waals surface area contributed by atoms with E-state index in [1.54, 1.807) is 0 Å². The van der Waals surface area contributed by atoms with E-state index >= 15 is 0 Å². The fourth-order valence-corrected chi connectivity index (χ4v) is 1.73. The minimum Gasteiger partial charge on any atom is -0.446 e. The molecule has 1 aromatic carbocycles. The van der Waals surface area contributed by atoms with Crippen molar-refractivity contribution >= 4 is 29.1 Å². The highest BCUT2D eigenvalue weighted by molar-refractivity contribution is 7.80. The maximum absolute atomic E-state index is 11.4. The van der Waals surface area contributed by atoms with Crippen molar-refractivity contribution in [3.05, 3.63) is 30.3 Å². The molecule has 0 saturated carbocycles. The van der Waals surface area contributed by atoms with Crippen LogP contribution in [0.25, 0.3) is 0 Å². The van der Waals surface area contributed by atoms with E-state index in [9.17, 15) is 4.79 Å². The minimum atomic E-state index is -0.434. The maximum Gasteiger partial charge on any atom is 0.429 e. The molecule has 1 aromatic rings. The van der Waals surface area contributed by atoms with Crippen LogP contribution in [0, 0.1) is 0 Å². The second-order valence-electron chi connectivity index (χ2n) is 3.22. The number of nitrogens with zero attached hydrogens (tertiary/aromatic N) is 2. The summed E-state index contributed by atoms with van der Waals surface area (Å²) in [4.78, 5) is 11.4. The van der Waals surface area contributed by atoms with E-state index in [4.69, 9.17) is 22.7 Å². The number of thiocarbonyl (C=S) groups is 1. The first kappa shape index (κ1) is 10.7. The molecule has 0 bridgehead atoms. The van der Waals surface area contributed by atoms with Gasteiger partial charge in [0.25, 0.3) is 0 Å². The Balaban J connectivity index is 2.31. The van der Waals surface area contributed by atoms with Gasteiger partial charge in [-0.2, -0.15) is 0 Å². The number of para-hydroxylation sites is 1. The molecule has 1 fully saturated rings. The highest BCUT2D eigenvalue weighted by Crippen LogP contribution is 2.18. The Morgan fingerprint density at radius 2 is 2.12 bits per heavy atom. The first-order valence-corrected chi connectivity index (χ1v) is 5.20. The molecule has 1 aliphatic rings. The van der Waals surface area contributed by atoms with Crippen LogP contribution in [0.1, 0.15) is 0 Å². The summed E-state index contributed by atoms with van der Waals surface area (Å²) in [5, 5.41) is 2.98. The molecular weight excluding hydrogens is 226 g/mol. The lowest BCUT2D eigenvalue weighted by atomic mass is 10.3. The number of carbonyl (C=O) groups excluding carboxylic acids is 1. The van der Waals surface area contributed by atoms with E-state index in [0.717, 1.165) is 5.69 Å². The fourth-order valence-electron chi connectivity index (χ4n) is 1.52. The number of hydrogen-bond acceptors (Lipinski definition) is 3. The number of ether oxygens (including phenoxy) is 1. The van der Waals surface area contributed by atoms with Gasteiger partial charge in [-0.3, -0.25) is 0 Å². The van der Waals surface area contributed by atoms with Crippen LogP contribution >= 0.6 is 12.2 Å². The topological polar surface area (TPSA) is 58.8 Å². The van der Waals surface area contributed by atoms with Crippen LogP contribution in [0.2, 0.25) is 0 Å². The summed E-state index contributed by atoms with van der Waals surface area (Å²) in [5.41, 5.74) is 6.36. The molecule has 16 heavy (non-hydrogen) atoms. The number of hydrazine groups is 1. The predicted octanol–water partition coefficient (Wildman–Crippen LogP) is 1.10. The second kappa shape index (κ2) is 4.36. The number of hydrogen-bond donors (Lipinski definition) is 1. The normalized spacial score (nSPS) is 14.8. The molecule has 0 radical (unpaired) electrons. The number of rotatable bonds is 2. The van der Waals surface area contributed by atoms with Crippen molar-refractivity contribution in [1.29, 1.82) is 0 Å². The minimum absolute atomic E-state index is 0.116. The Bertz CT molecular complexity index is 410. The summed E-state index contributed by atoms with van der Waals surface area (Å²) in [5.74, 6) is 0. The van der Waals surface area contributed by atoms with Crippen molar-refractivity contribution < 1.29 is 9.53 Å². The third kappa shape index (κ3) is 1.92. The van der Waals surface area contributed by atoms with E-state index in [2.05, 4.69) is 0 Å². The Labute approximate surface area is 98.3 Å². The molecule has 0 atom stereocenters. The number of benzene rings is 1. The first-order chi connectivity index (χ1) is 7.70. The SMILES string of the molecule is NC(=S)N(c1ccccc1)N1CCOC1=O. The third-order valence-electron chi connectivity index (χ3n) is 2.19. The molecule has 0 aromatic heterocycles. The van der Waals surface area contributed by atoms with E-state index in [1.807, 2.05) is 30.3 Å². The van der Waals surface area contributed by atoms with Crippen LogP contribution in [0.3, 0.4) is 0 Å². The van der Waals surface area contributed by atoms with E-state index in [1.165, 1.54) is 10.0 Å². The zero-order valence-corrected chi connectivity index (χ0v) is 9.31. The number of cyclic esters (lactones) is 1. The van der Waals surface area contributed by atoms with Crippen molar-refractivity contribution in [2.75, 3.05) is 18.2 Å². The smallest absolute Gasteiger partial charge is 0.429 e. The number of carbonyl (C=O) groups is 1.